The van der Waals surface area contributed by atoms with E-state index < -0.39 is 0 Å². The fraction of sp³-hybridized carbons (Fsp3) is 0.250. The van der Waals surface area contributed by atoms with Gasteiger partial charge in [0.05, 0.1) is 0 Å². The van der Waals surface area contributed by atoms with Crippen molar-refractivity contribution in [3.63, 3.8) is 0 Å². The van der Waals surface area contributed by atoms with Crippen LogP contribution in [0.25, 0.3) is 27.8 Å². The summed E-state index contributed by atoms with van der Waals surface area (Å²) in [6.07, 6.45) is 10.3. The quantitative estimate of drug-likeness (QED) is 0.397. The summed E-state index contributed by atoms with van der Waals surface area (Å²) in [6, 6.07) is 18.9. The third-order valence-electron chi connectivity index (χ3n) is 5.66. The standard InChI is InChI=1S/C24H23ClN4/c25-22-14-17(15-23(28-22)27-18-8-3-1-4-9-18)21-16-29(19-10-5-2-6-11-19)24-20(21)12-7-13-26-24/h2,5-7,10-16,18H,1,3-4,8-9H2,(H,27,28). The highest BCUT2D eigenvalue weighted by atomic mass is 35.5. The highest BCUT2D eigenvalue weighted by Crippen LogP contribution is 2.34. The van der Waals surface area contributed by atoms with Crippen molar-refractivity contribution in [1.29, 1.82) is 0 Å². The summed E-state index contributed by atoms with van der Waals surface area (Å²) in [5, 5.41) is 5.20. The van der Waals surface area contributed by atoms with Crippen molar-refractivity contribution in [1.82, 2.24) is 14.5 Å². The van der Waals surface area contributed by atoms with E-state index in [1.54, 1.807) is 0 Å². The van der Waals surface area contributed by atoms with Gasteiger partial charge in [-0.25, -0.2) is 9.97 Å². The van der Waals surface area contributed by atoms with Gasteiger partial charge in [-0.05, 0) is 54.8 Å². The number of pyridine rings is 2. The Labute approximate surface area is 175 Å². The number of fused-ring (bicyclic) bond motifs is 1. The lowest BCUT2D eigenvalue weighted by Crippen LogP contribution is -2.22. The van der Waals surface area contributed by atoms with E-state index in [0.29, 0.717) is 11.2 Å². The van der Waals surface area contributed by atoms with Crippen molar-refractivity contribution in [2.45, 2.75) is 38.1 Å². The average molecular weight is 403 g/mol. The fourth-order valence-electron chi connectivity index (χ4n) is 4.26. The molecule has 4 aromatic rings. The van der Waals surface area contributed by atoms with E-state index in [9.17, 15) is 0 Å². The van der Waals surface area contributed by atoms with Gasteiger partial charge in [-0.1, -0.05) is 49.1 Å². The van der Waals surface area contributed by atoms with E-state index in [2.05, 4.69) is 50.3 Å². The molecule has 1 aromatic carbocycles. The van der Waals surface area contributed by atoms with Crippen molar-refractivity contribution >= 4 is 28.5 Å². The van der Waals surface area contributed by atoms with Crippen LogP contribution in [-0.2, 0) is 0 Å². The zero-order valence-corrected chi connectivity index (χ0v) is 16.9. The van der Waals surface area contributed by atoms with Crippen LogP contribution < -0.4 is 5.32 Å². The third kappa shape index (κ3) is 3.73. The molecule has 0 amide bonds. The van der Waals surface area contributed by atoms with Gasteiger partial charge in [-0.15, -0.1) is 0 Å². The smallest absolute Gasteiger partial charge is 0.145 e. The van der Waals surface area contributed by atoms with Crippen LogP contribution in [0.1, 0.15) is 32.1 Å². The highest BCUT2D eigenvalue weighted by Gasteiger charge is 2.17. The number of anilines is 1. The first kappa shape index (κ1) is 18.2. The molecule has 29 heavy (non-hydrogen) atoms. The number of hydrogen-bond acceptors (Lipinski definition) is 3. The number of nitrogens with zero attached hydrogens (tertiary/aromatic N) is 3. The molecular formula is C24H23ClN4. The molecule has 0 radical (unpaired) electrons. The van der Waals surface area contributed by atoms with Crippen LogP contribution in [0, 0.1) is 0 Å². The Balaban J connectivity index is 1.59. The number of halogens is 1. The topological polar surface area (TPSA) is 42.7 Å². The zero-order valence-electron chi connectivity index (χ0n) is 16.2. The Kier molecular flexibility index (Phi) is 4.94. The van der Waals surface area contributed by atoms with E-state index in [1.807, 2.05) is 36.5 Å². The summed E-state index contributed by atoms with van der Waals surface area (Å²) in [4.78, 5) is 9.17. The predicted molar refractivity (Wildman–Crippen MR) is 120 cm³/mol. The van der Waals surface area contributed by atoms with E-state index >= 15 is 0 Å². The Morgan fingerprint density at radius 2 is 1.79 bits per heavy atom. The van der Waals surface area contributed by atoms with Crippen LogP contribution in [-0.4, -0.2) is 20.6 Å². The van der Waals surface area contributed by atoms with Crippen molar-refractivity contribution in [3.8, 4) is 16.8 Å². The minimum Gasteiger partial charge on any atom is -0.367 e. The third-order valence-corrected chi connectivity index (χ3v) is 5.85. The van der Waals surface area contributed by atoms with Gasteiger partial charge in [-0.3, -0.25) is 0 Å². The molecule has 0 spiro atoms. The number of rotatable bonds is 4. The van der Waals surface area contributed by atoms with Crippen molar-refractivity contribution in [3.05, 3.63) is 72.1 Å². The van der Waals surface area contributed by atoms with Gasteiger partial charge in [0.25, 0.3) is 0 Å². The lowest BCUT2D eigenvalue weighted by atomic mass is 9.95. The molecule has 5 heteroatoms. The highest BCUT2D eigenvalue weighted by molar-refractivity contribution is 6.29. The van der Waals surface area contributed by atoms with Gasteiger partial charge in [0.1, 0.15) is 16.6 Å². The van der Waals surface area contributed by atoms with Gasteiger partial charge in [0, 0.05) is 35.1 Å². The van der Waals surface area contributed by atoms with Crippen molar-refractivity contribution in [2.24, 2.45) is 0 Å². The molecule has 1 saturated carbocycles. The van der Waals surface area contributed by atoms with Crippen LogP contribution in [0.15, 0.2) is 67.0 Å². The molecule has 0 saturated heterocycles. The minimum atomic E-state index is 0.481. The fourth-order valence-corrected chi connectivity index (χ4v) is 4.47. The Bertz CT molecular complexity index is 1130. The number of benzene rings is 1. The molecule has 5 rings (SSSR count). The predicted octanol–water partition coefficient (Wildman–Crippen LogP) is 6.49. The second-order valence-corrected chi connectivity index (χ2v) is 8.05. The maximum atomic E-state index is 6.42. The molecule has 1 fully saturated rings. The number of nitrogens with one attached hydrogen (secondary N) is 1. The largest absolute Gasteiger partial charge is 0.367 e. The summed E-state index contributed by atoms with van der Waals surface area (Å²) >= 11 is 6.42. The molecule has 1 aliphatic carbocycles. The summed E-state index contributed by atoms with van der Waals surface area (Å²) in [6.45, 7) is 0. The van der Waals surface area contributed by atoms with Gasteiger partial charge in [0.2, 0.25) is 0 Å². The monoisotopic (exact) mass is 402 g/mol. The first-order valence-corrected chi connectivity index (χ1v) is 10.6. The molecular weight excluding hydrogens is 380 g/mol. The van der Waals surface area contributed by atoms with Crippen molar-refractivity contribution < 1.29 is 0 Å². The first-order valence-electron chi connectivity index (χ1n) is 10.2. The van der Waals surface area contributed by atoms with E-state index in [4.69, 9.17) is 11.6 Å². The molecule has 0 atom stereocenters. The second-order valence-electron chi connectivity index (χ2n) is 7.67. The maximum absolute atomic E-state index is 6.42. The molecule has 0 unspecified atom stereocenters. The molecule has 0 bridgehead atoms. The van der Waals surface area contributed by atoms with Crippen LogP contribution in [0.4, 0.5) is 5.82 Å². The average Bonchev–Trinajstić information content (AvgIpc) is 3.15. The van der Waals surface area contributed by atoms with Crippen LogP contribution >= 0.6 is 11.6 Å². The van der Waals surface area contributed by atoms with Crippen LogP contribution in [0.2, 0.25) is 5.15 Å². The van der Waals surface area contributed by atoms with Crippen LogP contribution in [0.5, 0.6) is 0 Å². The Morgan fingerprint density at radius 3 is 2.62 bits per heavy atom. The molecule has 1 N–H and O–H groups in total. The molecule has 4 nitrogen and oxygen atoms in total. The van der Waals surface area contributed by atoms with E-state index in [1.165, 1.54) is 32.1 Å². The normalized spacial score (nSPS) is 14.9. The molecule has 1 aliphatic rings. The maximum Gasteiger partial charge on any atom is 0.145 e. The lowest BCUT2D eigenvalue weighted by Gasteiger charge is -2.23. The lowest BCUT2D eigenvalue weighted by molar-refractivity contribution is 0.462. The van der Waals surface area contributed by atoms with E-state index in [-0.39, 0.29) is 0 Å². The zero-order chi connectivity index (χ0) is 19.6. The molecule has 0 aliphatic heterocycles. The van der Waals surface area contributed by atoms with Gasteiger partial charge in [-0.2, -0.15) is 0 Å². The van der Waals surface area contributed by atoms with Crippen LogP contribution in [0.3, 0.4) is 0 Å². The SMILES string of the molecule is Clc1cc(-c2cn(-c3ccccc3)c3ncccc23)cc(NC2CCCCC2)n1. The van der Waals surface area contributed by atoms with Gasteiger partial charge in [0.15, 0.2) is 0 Å². The number of para-hydroxylation sites is 1. The Morgan fingerprint density at radius 1 is 0.966 bits per heavy atom. The summed E-state index contributed by atoms with van der Waals surface area (Å²) in [5.41, 5.74) is 4.18. The molecule has 3 heterocycles. The Hall–Kier alpha value is -2.85. The summed E-state index contributed by atoms with van der Waals surface area (Å²) in [7, 11) is 0. The summed E-state index contributed by atoms with van der Waals surface area (Å²) < 4.78 is 2.13. The summed E-state index contributed by atoms with van der Waals surface area (Å²) in [5.74, 6) is 0.851. The van der Waals surface area contributed by atoms with Gasteiger partial charge >= 0.3 is 0 Å². The minimum absolute atomic E-state index is 0.481. The first-order chi connectivity index (χ1) is 14.3. The van der Waals surface area contributed by atoms with Crippen molar-refractivity contribution in [2.75, 3.05) is 5.32 Å². The van der Waals surface area contributed by atoms with E-state index in [0.717, 1.165) is 33.7 Å². The molecule has 146 valence electrons. The van der Waals surface area contributed by atoms with Gasteiger partial charge < -0.3 is 9.88 Å². The number of hydrogen-bond donors (Lipinski definition) is 1. The second kappa shape index (κ2) is 7.88. The molecule has 3 aromatic heterocycles. The number of aromatic nitrogens is 3.